The second-order valence-electron chi connectivity index (χ2n) is 13.2. The maximum atomic E-state index is 14.8. The highest BCUT2D eigenvalue weighted by molar-refractivity contribution is 7.92. The summed E-state index contributed by atoms with van der Waals surface area (Å²) < 4.78 is 29.9. The average molecular weight is 666 g/mol. The minimum absolute atomic E-state index is 0.0501. The van der Waals surface area contributed by atoms with Crippen LogP contribution in [0.2, 0.25) is 0 Å². The lowest BCUT2D eigenvalue weighted by Gasteiger charge is -2.35. The quantitative estimate of drug-likeness (QED) is 0.173. The molecule has 48 heavy (non-hydrogen) atoms. The zero-order chi connectivity index (χ0) is 34.3. The molecule has 8 heteroatoms. The molecule has 0 bridgehead atoms. The molecule has 2 amide bonds. The van der Waals surface area contributed by atoms with Crippen molar-refractivity contribution in [2.45, 2.75) is 89.7 Å². The van der Waals surface area contributed by atoms with Gasteiger partial charge in [-0.1, -0.05) is 103 Å². The molecule has 1 N–H and O–H groups in total. The molecule has 252 valence electrons. The zero-order valence-corrected chi connectivity index (χ0v) is 29.3. The van der Waals surface area contributed by atoms with Crippen LogP contribution in [0, 0.1) is 27.7 Å². The molecular formula is C40H47N3O4S. The Morgan fingerprint density at radius 1 is 0.729 bits per heavy atom. The molecule has 4 aromatic carbocycles. The topological polar surface area (TPSA) is 86.8 Å². The van der Waals surface area contributed by atoms with Crippen LogP contribution in [0.3, 0.4) is 0 Å². The number of sulfonamides is 1. The van der Waals surface area contributed by atoms with Gasteiger partial charge in [-0.3, -0.25) is 13.9 Å². The van der Waals surface area contributed by atoms with Crippen molar-refractivity contribution in [3.8, 4) is 0 Å². The fraction of sp³-hybridized carbons (Fsp3) is 0.350. The Morgan fingerprint density at radius 3 is 2.02 bits per heavy atom. The van der Waals surface area contributed by atoms with Gasteiger partial charge in [0.25, 0.3) is 10.0 Å². The molecule has 1 aliphatic rings. The van der Waals surface area contributed by atoms with Crippen LogP contribution < -0.4 is 9.62 Å². The first-order chi connectivity index (χ1) is 23.0. The van der Waals surface area contributed by atoms with Crippen molar-refractivity contribution < 1.29 is 18.0 Å². The number of nitrogens with zero attached hydrogens (tertiary/aromatic N) is 2. The van der Waals surface area contributed by atoms with Gasteiger partial charge in [0.1, 0.15) is 12.6 Å². The summed E-state index contributed by atoms with van der Waals surface area (Å²) >= 11 is 0. The fourth-order valence-corrected chi connectivity index (χ4v) is 7.96. The van der Waals surface area contributed by atoms with Crippen LogP contribution in [0.15, 0.2) is 102 Å². The lowest BCUT2D eigenvalue weighted by Crippen LogP contribution is -2.55. The third-order valence-electron chi connectivity index (χ3n) is 9.04. The predicted molar refractivity (Wildman–Crippen MR) is 192 cm³/mol. The number of hydrogen-bond donors (Lipinski definition) is 1. The first-order valence-electron chi connectivity index (χ1n) is 16.9. The van der Waals surface area contributed by atoms with Crippen LogP contribution in [0.25, 0.3) is 0 Å². The Labute approximate surface area is 286 Å². The Bertz CT molecular complexity index is 1800. The van der Waals surface area contributed by atoms with Crippen molar-refractivity contribution in [3.05, 3.63) is 130 Å². The van der Waals surface area contributed by atoms with Gasteiger partial charge in [-0.25, -0.2) is 8.42 Å². The average Bonchev–Trinajstić information content (AvgIpc) is 3.05. The molecule has 1 atom stereocenters. The highest BCUT2D eigenvalue weighted by atomic mass is 32.2. The number of nitrogens with one attached hydrogen (secondary N) is 1. The van der Waals surface area contributed by atoms with Crippen LogP contribution in [0.1, 0.15) is 65.5 Å². The summed E-state index contributed by atoms with van der Waals surface area (Å²) in [5.41, 5.74) is 5.92. The minimum atomic E-state index is -4.15. The molecule has 1 fully saturated rings. The van der Waals surface area contributed by atoms with Gasteiger partial charge in [0, 0.05) is 19.0 Å². The van der Waals surface area contributed by atoms with Gasteiger partial charge in [-0.15, -0.1) is 0 Å². The summed E-state index contributed by atoms with van der Waals surface area (Å²) in [5, 5.41) is 3.27. The lowest BCUT2D eigenvalue weighted by molar-refractivity contribution is -0.140. The molecule has 0 radical (unpaired) electrons. The monoisotopic (exact) mass is 665 g/mol. The van der Waals surface area contributed by atoms with Gasteiger partial charge in [0.05, 0.1) is 10.6 Å². The van der Waals surface area contributed by atoms with Crippen molar-refractivity contribution in [2.24, 2.45) is 0 Å². The highest BCUT2D eigenvalue weighted by Crippen LogP contribution is 2.28. The molecule has 1 aliphatic carbocycles. The van der Waals surface area contributed by atoms with Gasteiger partial charge in [-0.05, 0) is 87.1 Å². The van der Waals surface area contributed by atoms with Crippen molar-refractivity contribution in [1.82, 2.24) is 10.2 Å². The van der Waals surface area contributed by atoms with E-state index in [-0.39, 0.29) is 23.4 Å². The molecule has 7 nitrogen and oxygen atoms in total. The van der Waals surface area contributed by atoms with Crippen molar-refractivity contribution in [1.29, 1.82) is 0 Å². The maximum Gasteiger partial charge on any atom is 0.264 e. The first-order valence-corrected chi connectivity index (χ1v) is 18.3. The molecular weight excluding hydrogens is 619 g/mol. The van der Waals surface area contributed by atoms with E-state index in [2.05, 4.69) is 5.32 Å². The molecule has 0 spiro atoms. The summed E-state index contributed by atoms with van der Waals surface area (Å²) in [4.78, 5) is 30.7. The number of hydrogen-bond acceptors (Lipinski definition) is 4. The number of carbonyl (C=O) groups is 2. The summed E-state index contributed by atoms with van der Waals surface area (Å²) in [6, 6.07) is 29.0. The molecule has 5 rings (SSSR count). The number of benzene rings is 4. The predicted octanol–water partition coefficient (Wildman–Crippen LogP) is 7.20. The Morgan fingerprint density at radius 2 is 1.38 bits per heavy atom. The third-order valence-corrected chi connectivity index (χ3v) is 10.8. The molecule has 4 aromatic rings. The lowest BCUT2D eigenvalue weighted by atomic mass is 9.94. The van der Waals surface area contributed by atoms with Gasteiger partial charge in [0.15, 0.2) is 0 Å². The minimum Gasteiger partial charge on any atom is -0.352 e. The molecule has 0 aromatic heterocycles. The van der Waals surface area contributed by atoms with Gasteiger partial charge < -0.3 is 10.2 Å². The third kappa shape index (κ3) is 8.92. The van der Waals surface area contributed by atoms with E-state index in [1.54, 1.807) is 41.3 Å². The van der Waals surface area contributed by atoms with Crippen LogP contribution in [-0.2, 0) is 32.6 Å². The van der Waals surface area contributed by atoms with Crippen molar-refractivity contribution in [3.63, 3.8) is 0 Å². The zero-order valence-electron chi connectivity index (χ0n) is 28.5. The van der Waals surface area contributed by atoms with Gasteiger partial charge >= 0.3 is 0 Å². The van der Waals surface area contributed by atoms with Crippen LogP contribution in [-0.4, -0.2) is 43.8 Å². The van der Waals surface area contributed by atoms with Crippen LogP contribution >= 0.6 is 0 Å². The molecule has 1 unspecified atom stereocenters. The van der Waals surface area contributed by atoms with E-state index in [9.17, 15) is 18.0 Å². The standard InChI is InChI=1S/C40H47N3O4S/c1-29-18-20-37(21-19-29)48(46,47)43(36-24-31(3)22-32(4)25-36)28-39(44)42(27-34-15-11-12-30(2)23-34)38(26-33-13-7-5-8-14-33)40(45)41-35-16-9-6-10-17-35/h5,7-8,11-15,18-25,35,38H,6,9-10,16-17,26-28H2,1-4H3,(H,41,45). The SMILES string of the molecule is Cc1ccc(S(=O)(=O)N(CC(=O)N(Cc2cccc(C)c2)C(Cc2ccccc2)C(=O)NC2CCCCC2)c2cc(C)cc(C)c2)cc1. The van der Waals surface area contributed by atoms with Gasteiger partial charge in [-0.2, -0.15) is 0 Å². The van der Waals surface area contributed by atoms with Crippen LogP contribution in [0.5, 0.6) is 0 Å². The number of rotatable bonds is 12. The Balaban J connectivity index is 1.58. The Hall–Kier alpha value is -4.43. The van der Waals surface area contributed by atoms with Gasteiger partial charge in [0.2, 0.25) is 11.8 Å². The van der Waals surface area contributed by atoms with E-state index in [4.69, 9.17) is 0 Å². The number of amides is 2. The first kappa shape index (κ1) is 34.9. The maximum absolute atomic E-state index is 14.8. The Kier molecular flexibility index (Phi) is 11.4. The largest absolute Gasteiger partial charge is 0.352 e. The summed E-state index contributed by atoms with van der Waals surface area (Å²) in [5.74, 6) is -0.669. The summed E-state index contributed by atoms with van der Waals surface area (Å²) in [7, 11) is -4.15. The highest BCUT2D eigenvalue weighted by Gasteiger charge is 2.35. The fourth-order valence-electron chi connectivity index (χ4n) is 6.57. The summed E-state index contributed by atoms with van der Waals surface area (Å²) in [6.45, 7) is 7.39. The second-order valence-corrected chi connectivity index (χ2v) is 15.1. The molecule has 0 saturated heterocycles. The number of carbonyl (C=O) groups excluding carboxylic acids is 2. The van der Waals surface area contributed by atoms with Crippen LogP contribution in [0.4, 0.5) is 5.69 Å². The van der Waals surface area contributed by atoms with Crippen molar-refractivity contribution in [2.75, 3.05) is 10.8 Å². The molecule has 0 aliphatic heterocycles. The normalized spacial score (nSPS) is 14.2. The second kappa shape index (κ2) is 15.6. The van der Waals surface area contributed by atoms with E-state index < -0.39 is 28.5 Å². The van der Waals surface area contributed by atoms with E-state index in [0.717, 1.165) is 65.5 Å². The smallest absolute Gasteiger partial charge is 0.264 e. The van der Waals surface area contributed by atoms with E-state index >= 15 is 0 Å². The van der Waals surface area contributed by atoms with Crippen molar-refractivity contribution >= 4 is 27.5 Å². The molecule has 1 saturated carbocycles. The number of anilines is 1. The summed E-state index contributed by atoms with van der Waals surface area (Å²) in [6.07, 6.45) is 5.38. The van der Waals surface area contributed by atoms with E-state index in [1.807, 2.05) is 88.4 Å². The van der Waals surface area contributed by atoms with E-state index in [1.165, 1.54) is 4.31 Å². The van der Waals surface area contributed by atoms with E-state index in [0.29, 0.717) is 12.1 Å². The number of aryl methyl sites for hydroxylation is 4. The molecule has 0 heterocycles.